The second-order valence-electron chi connectivity index (χ2n) is 5.73. The van der Waals surface area contributed by atoms with Crippen molar-refractivity contribution in [1.82, 2.24) is 9.78 Å². The Morgan fingerprint density at radius 3 is 2.41 bits per heavy atom. The Labute approximate surface area is 149 Å². The molecule has 1 amide bonds. The number of hydrogen-bond acceptors (Lipinski definition) is 5. The maximum absolute atomic E-state index is 13.3. The van der Waals surface area contributed by atoms with Crippen molar-refractivity contribution >= 4 is 23.3 Å². The van der Waals surface area contributed by atoms with E-state index in [0.717, 1.165) is 24.4 Å². The summed E-state index contributed by atoms with van der Waals surface area (Å²) in [6.45, 7) is 2.90. The molecule has 0 bridgehead atoms. The van der Waals surface area contributed by atoms with E-state index in [4.69, 9.17) is 5.11 Å². The van der Waals surface area contributed by atoms with Crippen molar-refractivity contribution in [2.75, 3.05) is 5.32 Å². The number of benzene rings is 1. The molecule has 9 nitrogen and oxygen atoms in total. The number of nitrogens with one attached hydrogen (secondary N) is 1. The molecule has 0 fully saturated rings. The Balaban J connectivity index is 2.47. The third-order valence-electron chi connectivity index (χ3n) is 3.43. The number of aromatic nitrogens is 2. The molecule has 144 valence electrons. The molecule has 2 aromatic rings. The summed E-state index contributed by atoms with van der Waals surface area (Å²) in [5.41, 5.74) is -3.55. The van der Waals surface area contributed by atoms with Crippen molar-refractivity contribution in [2.24, 2.45) is 0 Å². The van der Waals surface area contributed by atoms with Gasteiger partial charge in [-0.2, -0.15) is 18.3 Å². The van der Waals surface area contributed by atoms with Crippen LogP contribution in [-0.4, -0.2) is 31.7 Å². The summed E-state index contributed by atoms with van der Waals surface area (Å²) in [6.07, 6.45) is -4.14. The number of nitro groups is 1. The highest BCUT2D eigenvalue weighted by Gasteiger charge is 2.40. The third-order valence-corrected chi connectivity index (χ3v) is 3.43. The van der Waals surface area contributed by atoms with E-state index in [2.05, 4.69) is 10.4 Å². The molecule has 0 saturated heterocycles. The Kier molecular flexibility index (Phi) is 5.19. The first-order chi connectivity index (χ1) is 12.4. The van der Waals surface area contributed by atoms with Gasteiger partial charge in [0.05, 0.1) is 22.2 Å². The molecule has 27 heavy (non-hydrogen) atoms. The van der Waals surface area contributed by atoms with Gasteiger partial charge in [0.15, 0.2) is 5.69 Å². The second kappa shape index (κ2) is 7.05. The van der Waals surface area contributed by atoms with Crippen LogP contribution in [0.5, 0.6) is 0 Å². The van der Waals surface area contributed by atoms with E-state index in [1.54, 1.807) is 0 Å². The molecule has 1 aromatic carbocycles. The number of carbonyl (C=O) groups excluding carboxylic acids is 1. The molecule has 1 aromatic heterocycles. The number of non-ortho nitro benzene ring substituents is 1. The topological polar surface area (TPSA) is 127 Å². The molecule has 1 heterocycles. The van der Waals surface area contributed by atoms with Gasteiger partial charge in [-0.05, 0) is 19.9 Å². The minimum absolute atomic E-state index is 0.336. The van der Waals surface area contributed by atoms with E-state index in [0.29, 0.717) is 4.68 Å². The first-order valence-electron chi connectivity index (χ1n) is 7.40. The van der Waals surface area contributed by atoms with Gasteiger partial charge in [-0.25, -0.2) is 4.79 Å². The zero-order valence-corrected chi connectivity index (χ0v) is 13.9. The standard InChI is InChI=1S/C15H13F3N4O5/c1-7(2)21-12(15(16,17)18)11(6-19-21)13(23)20-9-3-8(14(24)25)4-10(5-9)22(26)27/h3-7H,1-2H3,(H,20,23)(H,24,25). The maximum atomic E-state index is 13.3. The summed E-state index contributed by atoms with van der Waals surface area (Å²) in [5, 5.41) is 25.5. The number of anilines is 1. The summed E-state index contributed by atoms with van der Waals surface area (Å²) in [5.74, 6) is -2.73. The zero-order valence-electron chi connectivity index (χ0n) is 13.9. The number of carbonyl (C=O) groups is 2. The van der Waals surface area contributed by atoms with Crippen molar-refractivity contribution in [1.29, 1.82) is 0 Å². The van der Waals surface area contributed by atoms with Crippen LogP contribution in [0.15, 0.2) is 24.4 Å². The minimum atomic E-state index is -4.87. The number of alkyl halides is 3. The lowest BCUT2D eigenvalue weighted by molar-refractivity contribution is -0.384. The number of carboxylic acid groups (broad SMARTS) is 1. The fraction of sp³-hybridized carbons (Fsp3) is 0.267. The third kappa shape index (κ3) is 4.22. The predicted molar refractivity (Wildman–Crippen MR) is 85.6 cm³/mol. The molecule has 0 atom stereocenters. The van der Waals surface area contributed by atoms with Crippen LogP contribution in [0, 0.1) is 10.1 Å². The zero-order chi connectivity index (χ0) is 20.5. The van der Waals surface area contributed by atoms with Crippen molar-refractivity contribution in [3.05, 3.63) is 51.3 Å². The number of aromatic carboxylic acids is 1. The predicted octanol–water partition coefficient (Wildman–Crippen LogP) is 3.34. The number of nitro benzene ring substituents is 1. The summed E-state index contributed by atoms with van der Waals surface area (Å²) in [4.78, 5) is 33.3. The second-order valence-corrected chi connectivity index (χ2v) is 5.73. The van der Waals surface area contributed by atoms with Gasteiger partial charge in [-0.15, -0.1) is 0 Å². The number of nitrogens with zero attached hydrogens (tertiary/aromatic N) is 3. The molecular weight excluding hydrogens is 373 g/mol. The van der Waals surface area contributed by atoms with Gasteiger partial charge in [0.2, 0.25) is 0 Å². The summed E-state index contributed by atoms with van der Waals surface area (Å²) in [7, 11) is 0. The molecular formula is C15H13F3N4O5. The van der Waals surface area contributed by atoms with Crippen LogP contribution in [-0.2, 0) is 6.18 Å². The number of halogens is 3. The van der Waals surface area contributed by atoms with E-state index >= 15 is 0 Å². The average molecular weight is 386 g/mol. The lowest BCUT2D eigenvalue weighted by atomic mass is 10.1. The van der Waals surface area contributed by atoms with Crippen LogP contribution in [0.2, 0.25) is 0 Å². The summed E-state index contributed by atoms with van der Waals surface area (Å²) >= 11 is 0. The molecule has 0 spiro atoms. The van der Waals surface area contributed by atoms with Crippen LogP contribution in [0.4, 0.5) is 24.5 Å². The van der Waals surface area contributed by atoms with Gasteiger partial charge in [-0.1, -0.05) is 0 Å². The maximum Gasteiger partial charge on any atom is 0.433 e. The molecule has 2 rings (SSSR count). The SMILES string of the molecule is CC(C)n1ncc(C(=O)Nc2cc(C(=O)O)cc([N+](=O)[O-])c2)c1C(F)(F)F. The summed E-state index contributed by atoms with van der Waals surface area (Å²) in [6, 6.07) is 1.81. The number of carboxylic acids is 1. The van der Waals surface area contributed by atoms with Crippen LogP contribution >= 0.6 is 0 Å². The lowest BCUT2D eigenvalue weighted by Gasteiger charge is -2.15. The van der Waals surface area contributed by atoms with E-state index in [9.17, 15) is 32.9 Å². The molecule has 0 radical (unpaired) electrons. The first kappa shape index (κ1) is 19.9. The lowest BCUT2D eigenvalue weighted by Crippen LogP contribution is -2.22. The van der Waals surface area contributed by atoms with Crippen LogP contribution in [0.1, 0.15) is 46.3 Å². The fourth-order valence-corrected chi connectivity index (χ4v) is 2.31. The van der Waals surface area contributed by atoms with E-state index in [1.165, 1.54) is 13.8 Å². The molecule has 0 unspecified atom stereocenters. The smallest absolute Gasteiger partial charge is 0.433 e. The van der Waals surface area contributed by atoms with Gasteiger partial charge >= 0.3 is 12.1 Å². The van der Waals surface area contributed by atoms with Crippen LogP contribution in [0.3, 0.4) is 0 Å². The van der Waals surface area contributed by atoms with Crippen LogP contribution in [0.25, 0.3) is 0 Å². The van der Waals surface area contributed by atoms with Crippen molar-refractivity contribution in [3.63, 3.8) is 0 Å². The van der Waals surface area contributed by atoms with Crippen LogP contribution < -0.4 is 5.32 Å². The van der Waals surface area contributed by atoms with Gasteiger partial charge in [0.25, 0.3) is 11.6 Å². The highest BCUT2D eigenvalue weighted by molar-refractivity contribution is 6.05. The Morgan fingerprint density at radius 1 is 1.30 bits per heavy atom. The Hall–Kier alpha value is -3.44. The Morgan fingerprint density at radius 2 is 1.93 bits per heavy atom. The number of hydrogen-bond donors (Lipinski definition) is 2. The Bertz CT molecular complexity index is 888. The highest BCUT2D eigenvalue weighted by Crippen LogP contribution is 2.34. The molecule has 0 saturated carbocycles. The van der Waals surface area contributed by atoms with Crippen molar-refractivity contribution in [2.45, 2.75) is 26.1 Å². The number of amides is 1. The fourth-order valence-electron chi connectivity index (χ4n) is 2.31. The number of rotatable bonds is 5. The van der Waals surface area contributed by atoms with Gasteiger partial charge in [0, 0.05) is 23.9 Å². The molecule has 0 aliphatic carbocycles. The van der Waals surface area contributed by atoms with Crippen molar-refractivity contribution in [3.8, 4) is 0 Å². The van der Waals surface area contributed by atoms with E-state index in [1.807, 2.05) is 0 Å². The normalized spacial score (nSPS) is 11.5. The first-order valence-corrected chi connectivity index (χ1v) is 7.40. The monoisotopic (exact) mass is 386 g/mol. The molecule has 0 aliphatic heterocycles. The highest BCUT2D eigenvalue weighted by atomic mass is 19.4. The minimum Gasteiger partial charge on any atom is -0.478 e. The van der Waals surface area contributed by atoms with E-state index < -0.39 is 51.5 Å². The summed E-state index contributed by atoms with van der Waals surface area (Å²) < 4.78 is 40.6. The molecule has 2 N–H and O–H groups in total. The van der Waals surface area contributed by atoms with Gasteiger partial charge in [-0.3, -0.25) is 19.6 Å². The molecule has 0 aliphatic rings. The average Bonchev–Trinajstić information content (AvgIpc) is 3.00. The quantitative estimate of drug-likeness (QED) is 0.599. The van der Waals surface area contributed by atoms with Gasteiger partial charge < -0.3 is 10.4 Å². The largest absolute Gasteiger partial charge is 0.478 e. The molecule has 12 heteroatoms. The van der Waals surface area contributed by atoms with Gasteiger partial charge in [0.1, 0.15) is 0 Å². The van der Waals surface area contributed by atoms with E-state index in [-0.39, 0.29) is 5.69 Å². The van der Waals surface area contributed by atoms with Crippen molar-refractivity contribution < 1.29 is 32.8 Å².